The summed E-state index contributed by atoms with van der Waals surface area (Å²) in [4.78, 5) is 49.8. The highest BCUT2D eigenvalue weighted by atomic mass is 31.2. The van der Waals surface area contributed by atoms with Gasteiger partial charge in [0.15, 0.2) is 11.9 Å². The van der Waals surface area contributed by atoms with Crippen molar-refractivity contribution in [1.82, 2.24) is 0 Å². The first-order valence-corrected chi connectivity index (χ1v) is 24.3. The number of allylic oxidation sites excluding steroid dienone is 3. The van der Waals surface area contributed by atoms with Gasteiger partial charge in [-0.25, -0.2) is 4.57 Å². The highest BCUT2D eigenvalue weighted by Crippen LogP contribution is 2.47. The van der Waals surface area contributed by atoms with Crippen LogP contribution in [0.15, 0.2) is 36.5 Å². The minimum atomic E-state index is -5.41. The zero-order chi connectivity index (χ0) is 45.0. The van der Waals surface area contributed by atoms with Gasteiger partial charge in [0.25, 0.3) is 0 Å². The summed E-state index contributed by atoms with van der Waals surface area (Å²) in [6.07, 6.45) is 11.2. The van der Waals surface area contributed by atoms with Gasteiger partial charge in [-0.15, -0.1) is 0 Å². The lowest BCUT2D eigenvalue weighted by molar-refractivity contribution is -0.164. The molecule has 1 unspecified atom stereocenters. The quantitative estimate of drug-likeness (QED) is 0.0276. The molecule has 1 aliphatic heterocycles. The van der Waals surface area contributed by atoms with Gasteiger partial charge in [-0.3, -0.25) is 23.4 Å². The summed E-state index contributed by atoms with van der Waals surface area (Å²) < 4.78 is 34.6. The maximum Gasteiger partial charge on any atom is 0.472 e. The Morgan fingerprint density at radius 3 is 2.05 bits per heavy atom. The summed E-state index contributed by atoms with van der Waals surface area (Å²) in [5.41, 5.74) is 0. The Kier molecular flexibility index (Phi) is 28.3. The summed E-state index contributed by atoms with van der Waals surface area (Å²) in [6, 6.07) is 0. The van der Waals surface area contributed by atoms with Crippen LogP contribution in [0.1, 0.15) is 155 Å². The monoisotopic (exact) mass is 889 g/mol. The van der Waals surface area contributed by atoms with Crippen LogP contribution < -0.4 is 0 Å². The van der Waals surface area contributed by atoms with Crippen LogP contribution in [-0.4, -0.2) is 115 Å². The van der Waals surface area contributed by atoms with Gasteiger partial charge < -0.3 is 45.0 Å². The molecular weight excluding hydrogens is 811 g/mol. The Hall–Kier alpha value is -2.30. The van der Waals surface area contributed by atoms with Gasteiger partial charge in [-0.2, -0.15) is 0 Å². The van der Waals surface area contributed by atoms with Crippen molar-refractivity contribution in [3.8, 4) is 0 Å². The number of ether oxygens (including phenoxy) is 2. The number of fused-ring (bicyclic) bond motifs is 4. The van der Waals surface area contributed by atoms with Crippen molar-refractivity contribution in [3.63, 3.8) is 0 Å². The van der Waals surface area contributed by atoms with E-state index in [1.807, 2.05) is 6.92 Å². The number of carbonyl (C=O) groups excluding carboxylic acids is 3. The van der Waals surface area contributed by atoms with E-state index in [4.69, 9.17) is 18.5 Å². The number of rotatable bonds is 22. The fourth-order valence-corrected chi connectivity index (χ4v) is 8.34. The molecule has 0 radical (unpaired) electrons. The predicted octanol–water partition coefficient (Wildman–Crippen LogP) is 6.23. The minimum absolute atomic E-state index is 0.0286. The van der Waals surface area contributed by atoms with E-state index in [2.05, 4.69) is 6.92 Å². The molecule has 0 aromatic carbocycles. The van der Waals surface area contributed by atoms with Crippen LogP contribution in [0.3, 0.4) is 0 Å². The van der Waals surface area contributed by atoms with Crippen molar-refractivity contribution in [2.75, 3.05) is 13.2 Å². The molecule has 0 fully saturated rings. The Labute approximate surface area is 363 Å². The number of ketones is 1. The number of cyclic esters (lactones) is 1. The highest BCUT2D eigenvalue weighted by molar-refractivity contribution is 7.47. The molecule has 2 bridgehead atoms. The van der Waals surface area contributed by atoms with Gasteiger partial charge in [-0.1, -0.05) is 141 Å². The van der Waals surface area contributed by atoms with Crippen LogP contribution in [0.2, 0.25) is 0 Å². The summed E-state index contributed by atoms with van der Waals surface area (Å²) in [5, 5.41) is 66.8. The number of esters is 2. The fourth-order valence-electron chi connectivity index (χ4n) is 7.37. The SMILES string of the molecule is CCCCCCCCCCCCCCCC(=O)OC[C@@H]1COP(=O)(O)O[C@H]2[C@H](O)[C@@H](O)[C@H](O)[C@H](C=CC(=O)[C@H](/C=C/[C@@H](O)CCCCC)[C@@H](O)[C@H]2O)CC=CCCCC(=O)O1. The van der Waals surface area contributed by atoms with Crippen molar-refractivity contribution in [3.05, 3.63) is 36.5 Å². The highest BCUT2D eigenvalue weighted by Gasteiger charge is 2.47. The van der Waals surface area contributed by atoms with Gasteiger partial charge in [0, 0.05) is 18.8 Å². The molecule has 0 aromatic rings. The molecule has 16 heteroatoms. The molecule has 0 saturated carbocycles. The summed E-state index contributed by atoms with van der Waals surface area (Å²) >= 11 is 0. The maximum absolute atomic E-state index is 13.5. The van der Waals surface area contributed by atoms with E-state index in [0.29, 0.717) is 32.1 Å². The number of phosphoric acid groups is 1. The topological polar surface area (TPSA) is 247 Å². The number of phosphoric ester groups is 1. The molecule has 61 heavy (non-hydrogen) atoms. The molecule has 0 amide bonds. The zero-order valence-electron chi connectivity index (χ0n) is 36.6. The average molecular weight is 889 g/mol. The second kappa shape index (κ2) is 31.5. The third kappa shape index (κ3) is 22.8. The van der Waals surface area contributed by atoms with E-state index in [9.17, 15) is 54.5 Å². The maximum atomic E-state index is 13.5. The van der Waals surface area contributed by atoms with Crippen molar-refractivity contribution in [2.45, 2.75) is 204 Å². The van der Waals surface area contributed by atoms with Crippen LogP contribution in [0.5, 0.6) is 0 Å². The van der Waals surface area contributed by atoms with Gasteiger partial charge >= 0.3 is 19.8 Å². The van der Waals surface area contributed by atoms with Gasteiger partial charge in [0.05, 0.1) is 30.8 Å². The van der Waals surface area contributed by atoms with Gasteiger partial charge in [0.1, 0.15) is 31.0 Å². The van der Waals surface area contributed by atoms with Gasteiger partial charge in [0.2, 0.25) is 0 Å². The molecule has 11 atom stereocenters. The number of hydrogen-bond acceptors (Lipinski definition) is 14. The average Bonchev–Trinajstić information content (AvgIpc) is 3.23. The number of aliphatic hydroxyl groups is 6. The van der Waals surface area contributed by atoms with E-state index < -0.39 is 99.4 Å². The van der Waals surface area contributed by atoms with Crippen molar-refractivity contribution in [2.24, 2.45) is 11.8 Å². The lowest BCUT2D eigenvalue weighted by Gasteiger charge is -2.36. The number of hydrogen-bond donors (Lipinski definition) is 7. The second-order valence-electron chi connectivity index (χ2n) is 16.6. The van der Waals surface area contributed by atoms with Crippen LogP contribution in [0.4, 0.5) is 0 Å². The Morgan fingerprint density at radius 2 is 1.41 bits per heavy atom. The number of carbonyl (C=O) groups is 3. The van der Waals surface area contributed by atoms with Crippen LogP contribution in [0, 0.1) is 11.8 Å². The summed E-state index contributed by atoms with van der Waals surface area (Å²) in [6.45, 7) is 2.85. The first-order chi connectivity index (χ1) is 29.2. The molecule has 352 valence electrons. The molecule has 0 spiro atoms. The molecule has 1 aliphatic carbocycles. The van der Waals surface area contributed by atoms with E-state index >= 15 is 0 Å². The van der Waals surface area contributed by atoms with E-state index in [-0.39, 0.29) is 19.3 Å². The summed E-state index contributed by atoms with van der Waals surface area (Å²) in [7, 11) is -5.41. The lowest BCUT2D eigenvalue weighted by atomic mass is 9.87. The van der Waals surface area contributed by atoms with Crippen molar-refractivity contribution in [1.29, 1.82) is 0 Å². The molecule has 0 saturated heterocycles. The third-order valence-corrected chi connectivity index (χ3v) is 12.2. The van der Waals surface area contributed by atoms with E-state index in [0.717, 1.165) is 44.6 Å². The molecule has 0 aromatic heterocycles. The Morgan fingerprint density at radius 1 is 0.820 bits per heavy atom. The van der Waals surface area contributed by atoms with Crippen LogP contribution >= 0.6 is 7.82 Å². The normalized spacial score (nSPS) is 30.5. The number of aliphatic hydroxyl groups excluding tert-OH is 6. The zero-order valence-corrected chi connectivity index (χ0v) is 37.4. The first-order valence-electron chi connectivity index (χ1n) is 22.8. The fraction of sp³-hybridized carbons (Fsp3) is 0.800. The van der Waals surface area contributed by atoms with E-state index in [1.165, 1.54) is 69.6 Å². The second-order valence-corrected chi connectivity index (χ2v) is 18.0. The third-order valence-electron chi connectivity index (χ3n) is 11.2. The molecule has 7 N–H and O–H groups in total. The molecule has 2 aliphatic rings. The Balaban J connectivity index is 2.17. The lowest BCUT2D eigenvalue weighted by Crippen LogP contribution is -2.55. The molecule has 2 rings (SSSR count). The predicted molar refractivity (Wildman–Crippen MR) is 230 cm³/mol. The largest absolute Gasteiger partial charge is 0.472 e. The van der Waals surface area contributed by atoms with Crippen molar-refractivity contribution < 1.29 is 73.0 Å². The molecule has 1 heterocycles. The minimum Gasteiger partial charge on any atom is -0.462 e. The van der Waals surface area contributed by atoms with Crippen LogP contribution in [-0.2, 0) is 37.5 Å². The standard InChI is InChI=1S/C45H77O15P/c1-3-5-7-8-9-10-11-12-13-14-15-16-21-25-38(48)57-31-35-32-58-61(55,56)60-45-43(53)41(51)36(29-28-34(46)24-19-6-4-2)37(47)30-27-33(40(50)42(52)44(45)54)23-20-17-18-22-26-39(49)59-35/h17,20,27-30,33-36,40-46,50-54H,3-16,18-19,21-26,31-32H2,1-2H3,(H,55,56)/b20-17?,29-28+,30-27?/t33-,34-,35+,36-,40+,41+,42-,43+,44+,45+/m0/s1. The number of unbranched alkanes of at least 4 members (excludes halogenated alkanes) is 14. The van der Waals surface area contributed by atoms with Crippen molar-refractivity contribution >= 4 is 25.5 Å². The first kappa shape index (κ1) is 54.8. The smallest absolute Gasteiger partial charge is 0.462 e. The Bertz CT molecular complexity index is 1370. The van der Waals surface area contributed by atoms with Crippen LogP contribution in [0.25, 0.3) is 0 Å². The molecule has 15 nitrogen and oxygen atoms in total. The van der Waals surface area contributed by atoms with E-state index in [1.54, 1.807) is 12.2 Å². The summed E-state index contributed by atoms with van der Waals surface area (Å²) in [5.74, 6) is -4.62. The molecular formula is C45H77O15P. The van der Waals surface area contributed by atoms with Gasteiger partial charge in [-0.05, 0) is 38.2 Å².